The number of hydrogen-bond acceptors (Lipinski definition) is 3. The third-order valence-electron chi connectivity index (χ3n) is 3.74. The van der Waals surface area contributed by atoms with Crippen LogP contribution in [0, 0.1) is 16.7 Å². The van der Waals surface area contributed by atoms with E-state index < -0.39 is 11.5 Å². The number of amides is 1. The zero-order valence-corrected chi connectivity index (χ0v) is 13.4. The molecule has 0 fully saturated rings. The van der Waals surface area contributed by atoms with Crippen LogP contribution in [0.4, 0.5) is 0 Å². The van der Waals surface area contributed by atoms with E-state index in [0.29, 0.717) is 5.56 Å². The molecule has 1 amide bonds. The van der Waals surface area contributed by atoms with Crippen molar-refractivity contribution in [2.24, 2.45) is 5.41 Å². The smallest absolute Gasteiger partial charge is 0.230 e. The van der Waals surface area contributed by atoms with Crippen molar-refractivity contribution in [3.05, 3.63) is 35.4 Å². The molecule has 0 bridgehead atoms. The summed E-state index contributed by atoms with van der Waals surface area (Å²) in [6.07, 6.45) is -0.609. The summed E-state index contributed by atoms with van der Waals surface area (Å²) in [4.78, 5) is 12.4. The van der Waals surface area contributed by atoms with Crippen molar-refractivity contribution >= 4 is 5.91 Å². The van der Waals surface area contributed by atoms with Crippen LogP contribution in [0.1, 0.15) is 45.7 Å². The van der Waals surface area contributed by atoms with Crippen molar-refractivity contribution in [3.63, 3.8) is 0 Å². The van der Waals surface area contributed by atoms with Gasteiger partial charge in [0.05, 0.1) is 23.2 Å². The fourth-order valence-corrected chi connectivity index (χ4v) is 1.83. The number of benzene rings is 1. The molecule has 1 aromatic rings. The Morgan fingerprint density at radius 1 is 1.33 bits per heavy atom. The monoisotopic (exact) mass is 288 g/mol. The van der Waals surface area contributed by atoms with Crippen molar-refractivity contribution in [2.75, 3.05) is 6.54 Å². The van der Waals surface area contributed by atoms with Crippen molar-refractivity contribution in [3.8, 4) is 6.07 Å². The number of rotatable bonds is 4. The number of hydrogen-bond donors (Lipinski definition) is 2. The van der Waals surface area contributed by atoms with Gasteiger partial charge in [-0.15, -0.1) is 0 Å². The van der Waals surface area contributed by atoms with Gasteiger partial charge in [-0.1, -0.05) is 32.9 Å². The van der Waals surface area contributed by atoms with Gasteiger partial charge >= 0.3 is 0 Å². The highest BCUT2D eigenvalue weighted by atomic mass is 16.3. The van der Waals surface area contributed by atoms with E-state index in [1.54, 1.807) is 18.2 Å². The summed E-state index contributed by atoms with van der Waals surface area (Å²) in [5, 5.41) is 21.7. The van der Waals surface area contributed by atoms with Crippen molar-refractivity contribution in [2.45, 2.75) is 46.1 Å². The molecule has 114 valence electrons. The number of carbonyl (C=O) groups is 1. The summed E-state index contributed by atoms with van der Waals surface area (Å²) in [6.45, 7) is 9.59. The lowest BCUT2D eigenvalue weighted by Gasteiger charge is -2.29. The van der Waals surface area contributed by atoms with Crippen molar-refractivity contribution in [1.82, 2.24) is 5.32 Å². The van der Waals surface area contributed by atoms with Crippen LogP contribution in [-0.2, 0) is 10.2 Å². The van der Waals surface area contributed by atoms with Crippen LogP contribution < -0.4 is 5.32 Å². The third-order valence-corrected chi connectivity index (χ3v) is 3.74. The van der Waals surface area contributed by atoms with Crippen LogP contribution in [-0.4, -0.2) is 23.7 Å². The Hall–Kier alpha value is -1.86. The second-order valence-corrected chi connectivity index (χ2v) is 6.91. The highest BCUT2D eigenvalue weighted by Crippen LogP contribution is 2.25. The standard InChI is InChI=1S/C17H24N2O2/c1-16(2,3)14(20)11-19-15(21)17(4,5)13-8-6-7-12(9-13)10-18/h6-9,14,20H,11H2,1-5H3,(H,19,21). The topological polar surface area (TPSA) is 73.1 Å². The highest BCUT2D eigenvalue weighted by molar-refractivity contribution is 5.87. The van der Waals surface area contributed by atoms with Gasteiger partial charge in [0, 0.05) is 6.54 Å². The number of nitrogens with one attached hydrogen (secondary N) is 1. The SMILES string of the molecule is CC(C)(C(=O)NCC(O)C(C)(C)C)c1cccc(C#N)c1. The molecule has 0 radical (unpaired) electrons. The lowest BCUT2D eigenvalue weighted by Crippen LogP contribution is -2.45. The predicted molar refractivity (Wildman–Crippen MR) is 82.7 cm³/mol. The van der Waals surface area contributed by atoms with Crippen LogP contribution in [0.3, 0.4) is 0 Å². The van der Waals surface area contributed by atoms with Crippen LogP contribution in [0.5, 0.6) is 0 Å². The maximum atomic E-state index is 12.4. The molecular weight excluding hydrogens is 264 g/mol. The van der Waals surface area contributed by atoms with E-state index in [4.69, 9.17) is 5.26 Å². The molecule has 0 aliphatic carbocycles. The molecule has 4 nitrogen and oxygen atoms in total. The van der Waals surface area contributed by atoms with Crippen molar-refractivity contribution < 1.29 is 9.90 Å². The van der Waals surface area contributed by atoms with Gasteiger partial charge in [0.25, 0.3) is 0 Å². The molecule has 1 atom stereocenters. The quantitative estimate of drug-likeness (QED) is 0.893. The first-order valence-corrected chi connectivity index (χ1v) is 7.06. The molecule has 4 heteroatoms. The zero-order valence-electron chi connectivity index (χ0n) is 13.4. The summed E-state index contributed by atoms with van der Waals surface area (Å²) in [5.41, 5.74) is 0.273. The van der Waals surface area contributed by atoms with E-state index in [1.807, 2.05) is 40.7 Å². The lowest BCUT2D eigenvalue weighted by atomic mass is 9.82. The van der Waals surface area contributed by atoms with Crippen molar-refractivity contribution in [1.29, 1.82) is 5.26 Å². The Kier molecular flexibility index (Phi) is 5.14. The first kappa shape index (κ1) is 17.2. The minimum Gasteiger partial charge on any atom is -0.391 e. The maximum absolute atomic E-state index is 12.4. The van der Waals surface area contributed by atoms with Gasteiger partial charge < -0.3 is 10.4 Å². The summed E-state index contributed by atoms with van der Waals surface area (Å²) in [5.74, 6) is -0.166. The summed E-state index contributed by atoms with van der Waals surface area (Å²) >= 11 is 0. The first-order valence-electron chi connectivity index (χ1n) is 7.06. The Morgan fingerprint density at radius 3 is 2.48 bits per heavy atom. The molecule has 0 aliphatic heterocycles. The van der Waals surface area contributed by atoms with E-state index in [2.05, 4.69) is 11.4 Å². The molecule has 0 aromatic heterocycles. The van der Waals surface area contributed by atoms with Gasteiger partial charge in [0.2, 0.25) is 5.91 Å². The largest absolute Gasteiger partial charge is 0.391 e. The van der Waals surface area contributed by atoms with Crippen LogP contribution >= 0.6 is 0 Å². The average molecular weight is 288 g/mol. The Balaban J connectivity index is 2.82. The van der Waals surface area contributed by atoms with Gasteiger partial charge in [-0.3, -0.25) is 4.79 Å². The van der Waals surface area contributed by atoms with E-state index in [9.17, 15) is 9.90 Å². The summed E-state index contributed by atoms with van der Waals surface area (Å²) in [7, 11) is 0. The molecule has 0 heterocycles. The Bertz CT molecular complexity index is 551. The zero-order chi connectivity index (χ0) is 16.3. The fraction of sp³-hybridized carbons (Fsp3) is 0.529. The normalized spacial score (nSPS) is 13.4. The van der Waals surface area contributed by atoms with Gasteiger partial charge in [-0.25, -0.2) is 0 Å². The minimum absolute atomic E-state index is 0.166. The summed E-state index contributed by atoms with van der Waals surface area (Å²) in [6, 6.07) is 9.11. The first-order chi connectivity index (χ1) is 9.59. The number of aliphatic hydroxyl groups is 1. The van der Waals surface area contributed by atoms with Gasteiger partial charge in [0.15, 0.2) is 0 Å². The molecule has 0 saturated heterocycles. The molecule has 2 N–H and O–H groups in total. The maximum Gasteiger partial charge on any atom is 0.230 e. The van der Waals surface area contributed by atoms with Crippen LogP contribution in [0.15, 0.2) is 24.3 Å². The van der Waals surface area contributed by atoms with Gasteiger partial charge in [-0.05, 0) is 37.0 Å². The van der Waals surface area contributed by atoms with Gasteiger partial charge in [0.1, 0.15) is 0 Å². The second-order valence-electron chi connectivity index (χ2n) is 6.91. The number of nitriles is 1. The predicted octanol–water partition coefficient (Wildman–Crippen LogP) is 2.36. The molecular formula is C17H24N2O2. The lowest BCUT2D eigenvalue weighted by molar-refractivity contribution is -0.126. The number of carbonyl (C=O) groups excluding carboxylic acids is 1. The van der Waals surface area contributed by atoms with E-state index >= 15 is 0 Å². The molecule has 21 heavy (non-hydrogen) atoms. The molecule has 1 unspecified atom stereocenters. The number of aliphatic hydroxyl groups excluding tert-OH is 1. The average Bonchev–Trinajstić information content (AvgIpc) is 2.43. The minimum atomic E-state index is -0.759. The molecule has 0 aliphatic rings. The van der Waals surface area contributed by atoms with E-state index in [0.717, 1.165) is 5.56 Å². The highest BCUT2D eigenvalue weighted by Gasteiger charge is 2.31. The number of nitrogens with zero attached hydrogens (tertiary/aromatic N) is 1. The van der Waals surface area contributed by atoms with Crippen LogP contribution in [0.25, 0.3) is 0 Å². The molecule has 1 aromatic carbocycles. The Morgan fingerprint density at radius 2 is 1.95 bits per heavy atom. The molecule has 1 rings (SSSR count). The van der Waals surface area contributed by atoms with Crippen LogP contribution in [0.2, 0.25) is 0 Å². The second kappa shape index (κ2) is 6.28. The van der Waals surface area contributed by atoms with E-state index in [-0.39, 0.29) is 17.9 Å². The van der Waals surface area contributed by atoms with Gasteiger partial charge in [-0.2, -0.15) is 5.26 Å². The van der Waals surface area contributed by atoms with E-state index in [1.165, 1.54) is 0 Å². The third kappa shape index (κ3) is 4.30. The fourth-order valence-electron chi connectivity index (χ4n) is 1.83. The molecule has 0 saturated carbocycles. The summed E-state index contributed by atoms with van der Waals surface area (Å²) < 4.78 is 0. The molecule has 0 spiro atoms. The Labute approximate surface area is 126 Å².